The van der Waals surface area contributed by atoms with E-state index in [1.54, 1.807) is 26.4 Å². The van der Waals surface area contributed by atoms with Gasteiger partial charge in [0.1, 0.15) is 5.15 Å². The van der Waals surface area contributed by atoms with E-state index >= 15 is 0 Å². The van der Waals surface area contributed by atoms with Crippen LogP contribution in [0.25, 0.3) is 0 Å². The number of nitrogens with zero attached hydrogens (tertiary/aromatic N) is 4. The lowest BCUT2D eigenvalue weighted by atomic mass is 10.2. The molecule has 1 aliphatic heterocycles. The second kappa shape index (κ2) is 6.36. The van der Waals surface area contributed by atoms with Crippen molar-refractivity contribution < 1.29 is 8.42 Å². The Morgan fingerprint density at radius 3 is 2.40 bits per heavy atom. The number of rotatable bonds is 4. The highest BCUT2D eigenvalue weighted by Crippen LogP contribution is 2.13. The van der Waals surface area contributed by atoms with Crippen LogP contribution < -0.4 is 0 Å². The minimum atomic E-state index is -3.29. The summed E-state index contributed by atoms with van der Waals surface area (Å²) in [5, 5.41) is 0.482. The van der Waals surface area contributed by atoms with Crippen molar-refractivity contribution in [2.75, 3.05) is 40.3 Å². The van der Waals surface area contributed by atoms with E-state index in [1.807, 2.05) is 6.07 Å². The molecule has 2 rings (SSSR count). The molecule has 0 atom stereocenters. The molecule has 2 heterocycles. The summed E-state index contributed by atoms with van der Waals surface area (Å²) in [5.41, 5.74) is 1.08. The van der Waals surface area contributed by atoms with E-state index in [2.05, 4.69) is 9.88 Å². The van der Waals surface area contributed by atoms with E-state index in [0.717, 1.165) is 25.2 Å². The molecule has 0 aromatic carbocycles. The molecule has 6 nitrogen and oxygen atoms in total. The number of halogens is 1. The molecule has 0 saturated carbocycles. The number of pyridine rings is 1. The first-order valence-corrected chi connectivity index (χ1v) is 8.17. The Hall–Kier alpha value is -0.730. The van der Waals surface area contributed by atoms with Gasteiger partial charge in [-0.3, -0.25) is 4.90 Å². The first-order valence-electron chi connectivity index (χ1n) is 6.40. The topological polar surface area (TPSA) is 56.8 Å². The molecule has 1 aromatic heterocycles. The van der Waals surface area contributed by atoms with Gasteiger partial charge in [-0.25, -0.2) is 4.98 Å². The summed E-state index contributed by atoms with van der Waals surface area (Å²) in [6, 6.07) is 3.71. The minimum Gasteiger partial charge on any atom is -0.296 e. The van der Waals surface area contributed by atoms with Gasteiger partial charge in [-0.05, 0) is 11.6 Å². The zero-order valence-electron chi connectivity index (χ0n) is 11.7. The minimum absolute atomic E-state index is 0.482. The van der Waals surface area contributed by atoms with Crippen LogP contribution in [0.15, 0.2) is 18.3 Å². The lowest BCUT2D eigenvalue weighted by molar-refractivity contribution is 0.177. The second-order valence-electron chi connectivity index (χ2n) is 4.95. The lowest BCUT2D eigenvalue weighted by Crippen LogP contribution is -2.51. The third-order valence-electron chi connectivity index (χ3n) is 3.31. The molecular formula is C12H19ClN4O2S. The van der Waals surface area contributed by atoms with Crippen LogP contribution in [0.3, 0.4) is 0 Å². The first-order chi connectivity index (χ1) is 9.39. The molecular weight excluding hydrogens is 300 g/mol. The van der Waals surface area contributed by atoms with Crippen molar-refractivity contribution in [1.82, 2.24) is 18.5 Å². The lowest BCUT2D eigenvalue weighted by Gasteiger charge is -2.35. The summed E-state index contributed by atoms with van der Waals surface area (Å²) in [5.74, 6) is 0. The third-order valence-corrected chi connectivity index (χ3v) is 5.48. The van der Waals surface area contributed by atoms with Crippen molar-refractivity contribution in [3.8, 4) is 0 Å². The average Bonchev–Trinajstić information content (AvgIpc) is 2.42. The van der Waals surface area contributed by atoms with E-state index in [0.29, 0.717) is 18.2 Å². The van der Waals surface area contributed by atoms with Crippen LogP contribution in [0.1, 0.15) is 5.56 Å². The van der Waals surface area contributed by atoms with E-state index in [1.165, 1.54) is 8.61 Å². The predicted octanol–water partition coefficient (Wildman–Crippen LogP) is 0.659. The molecule has 0 unspecified atom stereocenters. The normalized spacial score (nSPS) is 18.6. The fraction of sp³-hybridized carbons (Fsp3) is 0.583. The van der Waals surface area contributed by atoms with Gasteiger partial charge < -0.3 is 0 Å². The molecule has 1 aromatic rings. The van der Waals surface area contributed by atoms with Gasteiger partial charge in [0, 0.05) is 53.0 Å². The SMILES string of the molecule is CN(C)S(=O)(=O)N1CCN(Cc2ccc(Cl)nc2)CC1. The van der Waals surface area contributed by atoms with Crippen molar-refractivity contribution in [2.24, 2.45) is 0 Å². The standard InChI is InChI=1S/C12H19ClN4O2S/c1-15(2)20(18,19)17-7-5-16(6-8-17)10-11-3-4-12(13)14-9-11/h3-4,9H,5-8,10H2,1-2H3. The summed E-state index contributed by atoms with van der Waals surface area (Å²) in [7, 11) is -0.178. The van der Waals surface area contributed by atoms with Gasteiger partial charge in [0.25, 0.3) is 10.2 Å². The van der Waals surface area contributed by atoms with Crippen molar-refractivity contribution in [2.45, 2.75) is 6.54 Å². The monoisotopic (exact) mass is 318 g/mol. The first kappa shape index (κ1) is 15.7. The molecule has 0 spiro atoms. The third kappa shape index (κ3) is 3.67. The van der Waals surface area contributed by atoms with Crippen molar-refractivity contribution >= 4 is 21.8 Å². The van der Waals surface area contributed by atoms with Gasteiger partial charge in [-0.1, -0.05) is 17.7 Å². The Balaban J connectivity index is 1.90. The number of hydrogen-bond donors (Lipinski definition) is 0. The largest absolute Gasteiger partial charge is 0.296 e. The van der Waals surface area contributed by atoms with Crippen molar-refractivity contribution in [3.05, 3.63) is 29.0 Å². The Kier molecular flexibility index (Phi) is 4.98. The second-order valence-corrected chi connectivity index (χ2v) is 7.48. The smallest absolute Gasteiger partial charge is 0.281 e. The Labute approximate surface area is 125 Å². The zero-order valence-corrected chi connectivity index (χ0v) is 13.2. The molecule has 8 heteroatoms. The maximum Gasteiger partial charge on any atom is 0.281 e. The summed E-state index contributed by atoms with van der Waals surface area (Å²) in [4.78, 5) is 6.26. The highest BCUT2D eigenvalue weighted by molar-refractivity contribution is 7.86. The summed E-state index contributed by atoms with van der Waals surface area (Å²) in [6.07, 6.45) is 1.76. The van der Waals surface area contributed by atoms with Crippen LogP contribution in [0.2, 0.25) is 5.15 Å². The molecule has 112 valence electrons. The van der Waals surface area contributed by atoms with Crippen LogP contribution >= 0.6 is 11.6 Å². The number of piperazine rings is 1. The number of aromatic nitrogens is 1. The van der Waals surface area contributed by atoms with Crippen molar-refractivity contribution in [1.29, 1.82) is 0 Å². The quantitative estimate of drug-likeness (QED) is 0.765. The van der Waals surface area contributed by atoms with Crippen LogP contribution in [-0.2, 0) is 16.8 Å². The molecule has 0 aliphatic carbocycles. The fourth-order valence-corrected chi connectivity index (χ4v) is 3.31. The van der Waals surface area contributed by atoms with E-state index in [9.17, 15) is 8.42 Å². The maximum absolute atomic E-state index is 12.0. The van der Waals surface area contributed by atoms with Crippen LogP contribution in [-0.4, -0.2) is 67.2 Å². The molecule has 1 saturated heterocycles. The van der Waals surface area contributed by atoms with Gasteiger partial charge in [-0.2, -0.15) is 17.0 Å². The van der Waals surface area contributed by atoms with Crippen LogP contribution in [0.5, 0.6) is 0 Å². The van der Waals surface area contributed by atoms with Gasteiger partial charge in [0.05, 0.1) is 0 Å². The molecule has 1 aliphatic rings. The van der Waals surface area contributed by atoms with Gasteiger partial charge in [0.15, 0.2) is 0 Å². The highest BCUT2D eigenvalue weighted by atomic mass is 35.5. The van der Waals surface area contributed by atoms with Gasteiger partial charge >= 0.3 is 0 Å². The van der Waals surface area contributed by atoms with Gasteiger partial charge in [-0.15, -0.1) is 0 Å². The molecule has 1 fully saturated rings. The van der Waals surface area contributed by atoms with Crippen molar-refractivity contribution in [3.63, 3.8) is 0 Å². The summed E-state index contributed by atoms with van der Waals surface area (Å²) in [6.45, 7) is 3.23. The van der Waals surface area contributed by atoms with Gasteiger partial charge in [0.2, 0.25) is 0 Å². The van der Waals surface area contributed by atoms with E-state index in [-0.39, 0.29) is 0 Å². The molecule has 0 N–H and O–H groups in total. The average molecular weight is 319 g/mol. The molecule has 20 heavy (non-hydrogen) atoms. The number of hydrogen-bond acceptors (Lipinski definition) is 4. The highest BCUT2D eigenvalue weighted by Gasteiger charge is 2.28. The summed E-state index contributed by atoms with van der Waals surface area (Å²) < 4.78 is 26.8. The van der Waals surface area contributed by atoms with Crippen LogP contribution in [0.4, 0.5) is 0 Å². The van der Waals surface area contributed by atoms with E-state index in [4.69, 9.17) is 11.6 Å². The maximum atomic E-state index is 12.0. The molecule has 0 amide bonds. The molecule has 0 radical (unpaired) electrons. The predicted molar refractivity (Wildman–Crippen MR) is 78.7 cm³/mol. The molecule has 0 bridgehead atoms. The summed E-state index contributed by atoms with van der Waals surface area (Å²) >= 11 is 5.75. The zero-order chi connectivity index (χ0) is 14.8. The Bertz CT molecular complexity index is 539. The Morgan fingerprint density at radius 1 is 1.25 bits per heavy atom. The van der Waals surface area contributed by atoms with Crippen LogP contribution in [0, 0.1) is 0 Å². The fourth-order valence-electron chi connectivity index (χ4n) is 2.11. The Morgan fingerprint density at radius 2 is 1.90 bits per heavy atom. The van der Waals surface area contributed by atoms with E-state index < -0.39 is 10.2 Å².